The zero-order valence-electron chi connectivity index (χ0n) is 15.8. The highest BCUT2D eigenvalue weighted by Crippen LogP contribution is 2.38. The lowest BCUT2D eigenvalue weighted by molar-refractivity contribution is -0.0328. The van der Waals surface area contributed by atoms with Crippen molar-refractivity contribution >= 4 is 17.7 Å². The van der Waals surface area contributed by atoms with Crippen LogP contribution < -0.4 is 14.8 Å². The molecule has 0 bridgehead atoms. The van der Waals surface area contributed by atoms with Gasteiger partial charge in [-0.15, -0.1) is 0 Å². The molecule has 0 fully saturated rings. The Morgan fingerprint density at radius 3 is 2.54 bits per heavy atom. The van der Waals surface area contributed by atoms with Crippen molar-refractivity contribution in [2.75, 3.05) is 13.7 Å². The SMILES string of the molecule is CCCOc1ccc(C(C)NC(=O)c2ccccc2SC(F)(F)F)cc1OC. The van der Waals surface area contributed by atoms with E-state index in [0.717, 1.165) is 12.0 Å². The van der Waals surface area contributed by atoms with Gasteiger partial charge in [0.2, 0.25) is 0 Å². The van der Waals surface area contributed by atoms with Crippen molar-refractivity contribution in [3.63, 3.8) is 0 Å². The minimum atomic E-state index is -4.47. The van der Waals surface area contributed by atoms with Crippen LogP contribution in [-0.4, -0.2) is 25.1 Å². The molecule has 28 heavy (non-hydrogen) atoms. The Kier molecular flexibility index (Phi) is 7.62. The standard InChI is InChI=1S/C20H22F3NO3S/c1-4-11-27-16-10-9-14(12-17(16)26-3)13(2)24-19(25)15-7-5-6-8-18(15)28-20(21,22)23/h5-10,12-13H,4,11H2,1-3H3,(H,24,25). The molecule has 0 saturated heterocycles. The Morgan fingerprint density at radius 2 is 1.89 bits per heavy atom. The van der Waals surface area contributed by atoms with E-state index in [4.69, 9.17) is 9.47 Å². The van der Waals surface area contributed by atoms with Gasteiger partial charge in [0.05, 0.1) is 25.3 Å². The first-order valence-corrected chi connectivity index (χ1v) is 9.53. The van der Waals surface area contributed by atoms with E-state index in [0.29, 0.717) is 18.1 Å². The van der Waals surface area contributed by atoms with Crippen molar-refractivity contribution in [1.82, 2.24) is 5.32 Å². The second-order valence-corrected chi connectivity index (χ2v) is 7.10. The van der Waals surface area contributed by atoms with E-state index in [1.807, 2.05) is 6.92 Å². The Labute approximate surface area is 166 Å². The summed E-state index contributed by atoms with van der Waals surface area (Å²) in [5.41, 5.74) is -3.74. The molecule has 0 aromatic heterocycles. The summed E-state index contributed by atoms with van der Waals surface area (Å²) in [5.74, 6) is 0.545. The summed E-state index contributed by atoms with van der Waals surface area (Å²) in [6.45, 7) is 4.29. The van der Waals surface area contributed by atoms with Gasteiger partial charge in [-0.05, 0) is 54.9 Å². The molecular weight excluding hydrogens is 391 g/mol. The summed E-state index contributed by atoms with van der Waals surface area (Å²) in [6.07, 6.45) is 0.854. The molecule has 1 atom stereocenters. The van der Waals surface area contributed by atoms with E-state index in [1.165, 1.54) is 31.4 Å². The van der Waals surface area contributed by atoms with Gasteiger partial charge >= 0.3 is 5.51 Å². The van der Waals surface area contributed by atoms with Crippen LogP contribution in [0.4, 0.5) is 13.2 Å². The fourth-order valence-electron chi connectivity index (χ4n) is 2.51. The molecule has 4 nitrogen and oxygen atoms in total. The first-order valence-electron chi connectivity index (χ1n) is 8.71. The molecule has 1 unspecified atom stereocenters. The number of nitrogens with one attached hydrogen (secondary N) is 1. The lowest BCUT2D eigenvalue weighted by Gasteiger charge is -2.18. The summed E-state index contributed by atoms with van der Waals surface area (Å²) in [4.78, 5) is 12.4. The van der Waals surface area contributed by atoms with Crippen molar-refractivity contribution in [3.05, 3.63) is 53.6 Å². The number of halogens is 3. The summed E-state index contributed by atoms with van der Waals surface area (Å²) in [6, 6.07) is 10.5. The summed E-state index contributed by atoms with van der Waals surface area (Å²) >= 11 is -0.303. The summed E-state index contributed by atoms with van der Waals surface area (Å²) < 4.78 is 49.1. The van der Waals surface area contributed by atoms with Gasteiger partial charge in [0.25, 0.3) is 5.91 Å². The topological polar surface area (TPSA) is 47.6 Å². The van der Waals surface area contributed by atoms with Crippen LogP contribution in [0.2, 0.25) is 0 Å². The van der Waals surface area contributed by atoms with Gasteiger partial charge in [-0.2, -0.15) is 13.2 Å². The number of methoxy groups -OCH3 is 1. The predicted octanol–water partition coefficient (Wildman–Crippen LogP) is 5.59. The summed E-state index contributed by atoms with van der Waals surface area (Å²) in [5, 5.41) is 2.74. The van der Waals surface area contributed by atoms with Gasteiger partial charge in [0.1, 0.15) is 0 Å². The molecule has 2 aromatic rings. The number of alkyl halides is 3. The van der Waals surface area contributed by atoms with Gasteiger partial charge in [-0.25, -0.2) is 0 Å². The maximum Gasteiger partial charge on any atom is 0.446 e. The summed E-state index contributed by atoms with van der Waals surface area (Å²) in [7, 11) is 1.52. The number of thioether (sulfide) groups is 1. The van der Waals surface area contributed by atoms with Crippen molar-refractivity contribution < 1.29 is 27.4 Å². The van der Waals surface area contributed by atoms with Crippen LogP contribution in [0.5, 0.6) is 11.5 Å². The predicted molar refractivity (Wildman–Crippen MR) is 103 cm³/mol. The van der Waals surface area contributed by atoms with Crippen LogP contribution in [0.15, 0.2) is 47.4 Å². The lowest BCUT2D eigenvalue weighted by Crippen LogP contribution is -2.27. The number of hydrogen-bond donors (Lipinski definition) is 1. The maximum absolute atomic E-state index is 12.7. The first kappa shape index (κ1) is 21.9. The number of carbonyl (C=O) groups is 1. The van der Waals surface area contributed by atoms with Crippen molar-refractivity contribution in [2.24, 2.45) is 0 Å². The number of rotatable bonds is 8. The average Bonchev–Trinajstić information content (AvgIpc) is 2.65. The minimum absolute atomic E-state index is 0.0217. The van der Waals surface area contributed by atoms with Crippen LogP contribution >= 0.6 is 11.8 Å². The van der Waals surface area contributed by atoms with Crippen molar-refractivity contribution in [2.45, 2.75) is 36.7 Å². The van der Waals surface area contributed by atoms with Crippen LogP contribution in [0.1, 0.15) is 42.2 Å². The van der Waals surface area contributed by atoms with Crippen LogP contribution in [0.3, 0.4) is 0 Å². The third kappa shape index (κ3) is 6.09. The molecule has 0 aliphatic carbocycles. The van der Waals surface area contributed by atoms with Gasteiger partial charge in [0, 0.05) is 4.90 Å². The van der Waals surface area contributed by atoms with E-state index in [-0.39, 0.29) is 22.2 Å². The normalized spacial score (nSPS) is 12.4. The Bertz CT molecular complexity index is 812. The Hall–Kier alpha value is -2.35. The van der Waals surface area contributed by atoms with Crippen LogP contribution in [0.25, 0.3) is 0 Å². The molecule has 0 saturated carbocycles. The fraction of sp³-hybridized carbons (Fsp3) is 0.350. The quantitative estimate of drug-likeness (QED) is 0.574. The molecule has 2 aromatic carbocycles. The monoisotopic (exact) mass is 413 g/mol. The molecule has 0 aliphatic rings. The van der Waals surface area contributed by atoms with Gasteiger partial charge in [-0.1, -0.05) is 25.1 Å². The van der Waals surface area contributed by atoms with Gasteiger partial charge in [0.15, 0.2) is 11.5 Å². The molecule has 0 heterocycles. The van der Waals surface area contributed by atoms with E-state index in [2.05, 4.69) is 5.32 Å². The molecule has 2 rings (SSSR count). The highest BCUT2D eigenvalue weighted by atomic mass is 32.2. The smallest absolute Gasteiger partial charge is 0.446 e. The number of hydrogen-bond acceptors (Lipinski definition) is 4. The lowest BCUT2D eigenvalue weighted by atomic mass is 10.1. The molecule has 0 spiro atoms. The minimum Gasteiger partial charge on any atom is -0.493 e. The molecule has 0 radical (unpaired) electrons. The average molecular weight is 413 g/mol. The number of benzene rings is 2. The van der Waals surface area contributed by atoms with Gasteiger partial charge in [-0.3, -0.25) is 4.79 Å². The maximum atomic E-state index is 12.7. The first-order chi connectivity index (χ1) is 13.2. The number of amides is 1. The molecule has 0 aliphatic heterocycles. The van der Waals surface area contributed by atoms with Crippen molar-refractivity contribution in [3.8, 4) is 11.5 Å². The highest BCUT2D eigenvalue weighted by molar-refractivity contribution is 8.00. The second-order valence-electron chi connectivity index (χ2n) is 6.00. The molecule has 1 N–H and O–H groups in total. The number of ether oxygens (including phenoxy) is 2. The highest BCUT2D eigenvalue weighted by Gasteiger charge is 2.31. The van der Waals surface area contributed by atoms with Crippen molar-refractivity contribution in [1.29, 1.82) is 0 Å². The molecule has 8 heteroatoms. The third-order valence-electron chi connectivity index (χ3n) is 3.85. The van der Waals surface area contributed by atoms with Crippen LogP contribution in [-0.2, 0) is 0 Å². The van der Waals surface area contributed by atoms with Gasteiger partial charge < -0.3 is 14.8 Å². The largest absolute Gasteiger partial charge is 0.493 e. The third-order valence-corrected chi connectivity index (χ3v) is 4.66. The van der Waals surface area contributed by atoms with E-state index >= 15 is 0 Å². The Morgan fingerprint density at radius 1 is 1.18 bits per heavy atom. The van der Waals surface area contributed by atoms with E-state index in [1.54, 1.807) is 25.1 Å². The molecular formula is C20H22F3NO3S. The second kappa shape index (κ2) is 9.73. The Balaban J connectivity index is 2.17. The van der Waals surface area contributed by atoms with E-state index in [9.17, 15) is 18.0 Å². The molecule has 1 amide bonds. The van der Waals surface area contributed by atoms with Crippen LogP contribution in [0, 0.1) is 0 Å². The fourth-order valence-corrected chi connectivity index (χ4v) is 3.18. The molecule has 152 valence electrons. The zero-order chi connectivity index (χ0) is 20.7. The zero-order valence-corrected chi connectivity index (χ0v) is 16.6. The van der Waals surface area contributed by atoms with E-state index < -0.39 is 17.5 Å². The number of carbonyl (C=O) groups excluding carboxylic acids is 1.